The number of piperazine rings is 1. The summed E-state index contributed by atoms with van der Waals surface area (Å²) in [5, 5.41) is 10.7. The van der Waals surface area contributed by atoms with Gasteiger partial charge in [0.15, 0.2) is 0 Å². The topological polar surface area (TPSA) is 92.8 Å². The van der Waals surface area contributed by atoms with Crippen molar-refractivity contribution in [2.75, 3.05) is 39.3 Å². The molecule has 2 atom stereocenters. The van der Waals surface area contributed by atoms with Crippen molar-refractivity contribution >= 4 is 22.8 Å². The highest BCUT2D eigenvalue weighted by Crippen LogP contribution is 2.22. The second-order valence-electron chi connectivity index (χ2n) is 8.10. The van der Waals surface area contributed by atoms with Gasteiger partial charge in [0.2, 0.25) is 5.91 Å². The maximum atomic E-state index is 13.1. The van der Waals surface area contributed by atoms with Gasteiger partial charge in [-0.1, -0.05) is 0 Å². The fourth-order valence-electron chi connectivity index (χ4n) is 4.52. The van der Waals surface area contributed by atoms with E-state index in [0.29, 0.717) is 38.2 Å². The molecule has 29 heavy (non-hydrogen) atoms. The van der Waals surface area contributed by atoms with E-state index in [4.69, 9.17) is 0 Å². The number of aryl methyl sites for hydroxylation is 1. The quantitative estimate of drug-likeness (QED) is 0.786. The molecule has 0 aliphatic carbocycles. The Kier molecular flexibility index (Phi) is 5.56. The number of carbonyl (C=O) groups is 2. The van der Waals surface area contributed by atoms with Crippen molar-refractivity contribution in [3.05, 3.63) is 29.6 Å². The van der Waals surface area contributed by atoms with Crippen LogP contribution in [-0.2, 0) is 4.79 Å². The van der Waals surface area contributed by atoms with Crippen LogP contribution in [0.4, 0.5) is 0 Å². The number of hydrogen-bond acceptors (Lipinski definition) is 5. The Hall–Kier alpha value is -2.45. The Morgan fingerprint density at radius 3 is 2.52 bits per heavy atom. The number of imidazole rings is 1. The Balaban J connectivity index is 1.42. The molecule has 0 saturated carbocycles. The van der Waals surface area contributed by atoms with Gasteiger partial charge >= 0.3 is 0 Å². The van der Waals surface area contributed by atoms with E-state index >= 15 is 0 Å². The smallest absolute Gasteiger partial charge is 0.253 e. The van der Waals surface area contributed by atoms with Gasteiger partial charge in [-0.3, -0.25) is 14.5 Å². The van der Waals surface area contributed by atoms with Gasteiger partial charge in [0.1, 0.15) is 5.82 Å². The van der Waals surface area contributed by atoms with Gasteiger partial charge in [-0.15, -0.1) is 0 Å². The van der Waals surface area contributed by atoms with Crippen molar-refractivity contribution in [1.29, 1.82) is 0 Å². The van der Waals surface area contributed by atoms with E-state index in [2.05, 4.69) is 14.9 Å². The number of carbonyl (C=O) groups excluding carboxylic acids is 2. The third-order valence-corrected chi connectivity index (χ3v) is 6.20. The van der Waals surface area contributed by atoms with E-state index in [9.17, 15) is 14.7 Å². The number of amides is 2. The van der Waals surface area contributed by atoms with Crippen molar-refractivity contribution in [2.24, 2.45) is 0 Å². The van der Waals surface area contributed by atoms with Crippen molar-refractivity contribution in [1.82, 2.24) is 24.7 Å². The number of nitrogens with zero attached hydrogens (tertiary/aromatic N) is 4. The number of aromatic amines is 1. The lowest BCUT2D eigenvalue weighted by atomic mass is 10.0. The molecule has 3 heterocycles. The highest BCUT2D eigenvalue weighted by molar-refractivity contribution is 5.97. The predicted octanol–water partition coefficient (Wildman–Crippen LogP) is 1.00. The van der Waals surface area contributed by atoms with E-state index in [1.54, 1.807) is 6.92 Å². The molecule has 4 rings (SSSR count). The van der Waals surface area contributed by atoms with Gasteiger partial charge in [0.05, 0.1) is 17.1 Å². The molecule has 2 amide bonds. The van der Waals surface area contributed by atoms with E-state index in [0.717, 1.165) is 36.4 Å². The van der Waals surface area contributed by atoms with Gasteiger partial charge in [-0.2, -0.15) is 0 Å². The fourth-order valence-corrected chi connectivity index (χ4v) is 4.52. The number of nitrogens with one attached hydrogen (secondary N) is 1. The molecule has 0 spiro atoms. The average Bonchev–Trinajstić information content (AvgIpc) is 2.97. The third-order valence-electron chi connectivity index (χ3n) is 6.20. The van der Waals surface area contributed by atoms with Crippen LogP contribution in [0.25, 0.3) is 11.0 Å². The fraction of sp³-hybridized carbons (Fsp3) is 0.571. The normalized spacial score (nSPS) is 24.0. The van der Waals surface area contributed by atoms with Crippen LogP contribution in [0, 0.1) is 6.92 Å². The predicted molar refractivity (Wildman–Crippen MR) is 110 cm³/mol. The average molecular weight is 399 g/mol. The largest absolute Gasteiger partial charge is 0.391 e. The molecule has 1 aromatic carbocycles. The van der Waals surface area contributed by atoms with Crippen LogP contribution in [0.1, 0.15) is 35.9 Å². The lowest BCUT2D eigenvalue weighted by Crippen LogP contribution is -2.54. The minimum atomic E-state index is -0.464. The summed E-state index contributed by atoms with van der Waals surface area (Å²) in [6.07, 6.45) is 0.835. The van der Waals surface area contributed by atoms with Crippen LogP contribution in [0.5, 0.6) is 0 Å². The first-order chi connectivity index (χ1) is 13.9. The van der Waals surface area contributed by atoms with Crippen molar-refractivity contribution in [3.63, 3.8) is 0 Å². The van der Waals surface area contributed by atoms with E-state index in [1.165, 1.54) is 0 Å². The Morgan fingerprint density at radius 1 is 1.07 bits per heavy atom. The number of aliphatic hydroxyl groups excluding tert-OH is 1. The van der Waals surface area contributed by atoms with Crippen molar-refractivity contribution in [3.8, 4) is 0 Å². The van der Waals surface area contributed by atoms with Gasteiger partial charge in [0, 0.05) is 57.8 Å². The summed E-state index contributed by atoms with van der Waals surface area (Å²) in [5.41, 5.74) is 2.36. The summed E-state index contributed by atoms with van der Waals surface area (Å²) in [6.45, 7) is 7.60. The zero-order valence-corrected chi connectivity index (χ0v) is 17.1. The standard InChI is InChI=1S/C21H29N5O3/c1-14-22-17-4-3-16(13-18(17)23-14)21(29)26-7-5-19(20(28)6-8-26)25-11-9-24(10-12-25)15(2)27/h3-4,13,19-20,28H,5-12H2,1-2H3,(H,22,23)/t19-,20-/m0/s1. The van der Waals surface area contributed by atoms with Crippen LogP contribution in [0.3, 0.4) is 0 Å². The summed E-state index contributed by atoms with van der Waals surface area (Å²) < 4.78 is 0. The van der Waals surface area contributed by atoms with Gasteiger partial charge < -0.3 is 19.9 Å². The zero-order valence-electron chi connectivity index (χ0n) is 17.1. The molecule has 2 aromatic rings. The SMILES string of the molecule is CC(=O)N1CCN([C@H]2CCN(C(=O)c3ccc4nc(C)[nH]c4c3)CC[C@@H]2O)CC1. The summed E-state index contributed by atoms with van der Waals surface area (Å²) in [7, 11) is 0. The van der Waals surface area contributed by atoms with Gasteiger partial charge in [0.25, 0.3) is 5.91 Å². The van der Waals surface area contributed by atoms with Crippen molar-refractivity contribution < 1.29 is 14.7 Å². The number of rotatable bonds is 2. The maximum Gasteiger partial charge on any atom is 0.253 e. The number of likely N-dealkylation sites (tertiary alicyclic amines) is 1. The van der Waals surface area contributed by atoms with Crippen LogP contribution < -0.4 is 0 Å². The summed E-state index contributed by atoms with van der Waals surface area (Å²) in [4.78, 5) is 38.1. The molecule has 2 aliphatic rings. The molecule has 1 aromatic heterocycles. The Bertz CT molecular complexity index is 903. The lowest BCUT2D eigenvalue weighted by Gasteiger charge is -2.40. The number of H-pyrrole nitrogens is 1. The number of benzene rings is 1. The molecule has 2 aliphatic heterocycles. The van der Waals surface area contributed by atoms with Crippen LogP contribution in [0.15, 0.2) is 18.2 Å². The van der Waals surface area contributed by atoms with Gasteiger partial charge in [-0.05, 0) is 38.0 Å². The second kappa shape index (κ2) is 8.12. The minimum absolute atomic E-state index is 0.00611. The molecular formula is C21H29N5O3. The highest BCUT2D eigenvalue weighted by Gasteiger charge is 2.33. The first-order valence-corrected chi connectivity index (χ1v) is 10.4. The molecule has 156 valence electrons. The lowest BCUT2D eigenvalue weighted by molar-refractivity contribution is -0.131. The molecular weight excluding hydrogens is 370 g/mol. The van der Waals surface area contributed by atoms with Crippen LogP contribution in [-0.4, -0.2) is 93.0 Å². The number of fused-ring (bicyclic) bond motifs is 1. The van der Waals surface area contributed by atoms with E-state index < -0.39 is 6.10 Å². The molecule has 8 heteroatoms. The molecule has 0 bridgehead atoms. The first-order valence-electron chi connectivity index (χ1n) is 10.4. The molecule has 2 saturated heterocycles. The molecule has 0 unspecified atom stereocenters. The molecule has 0 radical (unpaired) electrons. The second-order valence-corrected chi connectivity index (χ2v) is 8.10. The van der Waals surface area contributed by atoms with E-state index in [-0.39, 0.29) is 17.9 Å². The Labute approximate surface area is 170 Å². The molecule has 2 fully saturated rings. The van der Waals surface area contributed by atoms with Crippen LogP contribution >= 0.6 is 0 Å². The van der Waals surface area contributed by atoms with E-state index in [1.807, 2.05) is 34.9 Å². The van der Waals surface area contributed by atoms with Crippen molar-refractivity contribution in [2.45, 2.75) is 38.8 Å². The summed E-state index contributed by atoms with van der Waals surface area (Å²) >= 11 is 0. The number of aliphatic hydroxyl groups is 1. The molecule has 8 nitrogen and oxygen atoms in total. The monoisotopic (exact) mass is 399 g/mol. The molecule has 2 N–H and O–H groups in total. The first kappa shape index (κ1) is 19.8. The van der Waals surface area contributed by atoms with Gasteiger partial charge in [-0.25, -0.2) is 4.98 Å². The summed E-state index contributed by atoms with van der Waals surface area (Å²) in [6, 6.07) is 5.58. The zero-order chi connectivity index (χ0) is 20.5. The Morgan fingerprint density at radius 2 is 1.79 bits per heavy atom. The maximum absolute atomic E-state index is 13.1. The highest BCUT2D eigenvalue weighted by atomic mass is 16.3. The number of hydrogen-bond donors (Lipinski definition) is 2. The summed E-state index contributed by atoms with van der Waals surface area (Å²) in [5.74, 6) is 0.927. The minimum Gasteiger partial charge on any atom is -0.391 e. The third kappa shape index (κ3) is 4.13. The van der Waals surface area contributed by atoms with Crippen LogP contribution in [0.2, 0.25) is 0 Å². The number of aromatic nitrogens is 2.